The lowest BCUT2D eigenvalue weighted by Gasteiger charge is -2.40. The van der Waals surface area contributed by atoms with Crippen molar-refractivity contribution in [2.75, 3.05) is 30.9 Å². The summed E-state index contributed by atoms with van der Waals surface area (Å²) in [7, 11) is 4.38. The van der Waals surface area contributed by atoms with E-state index >= 15 is 0 Å². The number of hydrogen-bond acceptors (Lipinski definition) is 5. The second-order valence-corrected chi connectivity index (χ2v) is 10.6. The number of nitrogens with zero attached hydrogens (tertiary/aromatic N) is 3. The predicted octanol–water partition coefficient (Wildman–Crippen LogP) is 5.61. The predicted molar refractivity (Wildman–Crippen MR) is 146 cm³/mol. The average Bonchev–Trinajstić information content (AvgIpc) is 2.79. The van der Waals surface area contributed by atoms with Crippen LogP contribution in [0.15, 0.2) is 39.7 Å². The van der Waals surface area contributed by atoms with Gasteiger partial charge in [0.2, 0.25) is 0 Å². The molecule has 4 rings (SSSR count). The zero-order valence-corrected chi connectivity index (χ0v) is 22.5. The van der Waals surface area contributed by atoms with Gasteiger partial charge >= 0.3 is 0 Å². The maximum Gasteiger partial charge on any atom is 0.253 e. The molecule has 0 unspecified atom stereocenters. The maximum absolute atomic E-state index is 12.5. The molecule has 1 fully saturated rings. The highest BCUT2D eigenvalue weighted by atomic mass is 79.9. The first-order valence-corrected chi connectivity index (χ1v) is 13.0. The van der Waals surface area contributed by atoms with E-state index in [2.05, 4.69) is 80.2 Å². The van der Waals surface area contributed by atoms with Gasteiger partial charge < -0.3 is 20.1 Å². The molecule has 1 saturated carbocycles. The number of halogens is 1. The molecular weight excluding hydrogens is 490 g/mol. The van der Waals surface area contributed by atoms with Crippen LogP contribution < -0.4 is 15.8 Å². The van der Waals surface area contributed by atoms with Crippen molar-refractivity contribution in [3.63, 3.8) is 0 Å². The summed E-state index contributed by atoms with van der Waals surface area (Å²) in [4.78, 5) is 25.0. The second-order valence-electron chi connectivity index (χ2n) is 9.69. The first-order valence-electron chi connectivity index (χ1n) is 12.2. The lowest BCUT2D eigenvalue weighted by atomic mass is 9.89. The van der Waals surface area contributed by atoms with Gasteiger partial charge in [-0.3, -0.25) is 4.79 Å². The number of hydrogen-bond donors (Lipinski definition) is 2. The number of fused-ring (bicyclic) bond motifs is 1. The van der Waals surface area contributed by atoms with E-state index in [9.17, 15) is 4.79 Å². The zero-order chi connectivity index (χ0) is 24.4. The van der Waals surface area contributed by atoms with Crippen LogP contribution in [0.25, 0.3) is 10.8 Å². The van der Waals surface area contributed by atoms with Crippen LogP contribution in [-0.2, 0) is 6.54 Å². The van der Waals surface area contributed by atoms with Gasteiger partial charge in [-0.15, -0.1) is 0 Å². The summed E-state index contributed by atoms with van der Waals surface area (Å²) in [6.45, 7) is 7.53. The smallest absolute Gasteiger partial charge is 0.253 e. The van der Waals surface area contributed by atoms with Crippen molar-refractivity contribution < 1.29 is 0 Å². The Morgan fingerprint density at radius 3 is 2.44 bits per heavy atom. The van der Waals surface area contributed by atoms with Gasteiger partial charge in [-0.05, 0) is 90.4 Å². The largest absolute Gasteiger partial charge is 0.368 e. The summed E-state index contributed by atoms with van der Waals surface area (Å²) in [5.74, 6) is 0.798. The number of nitrogens with one attached hydrogen (secondary N) is 2. The zero-order valence-electron chi connectivity index (χ0n) is 20.9. The minimum Gasteiger partial charge on any atom is -0.368 e. The number of anilines is 2. The number of pyridine rings is 2. The van der Waals surface area contributed by atoms with Crippen LogP contribution in [0.1, 0.15) is 49.4 Å². The Morgan fingerprint density at radius 2 is 1.79 bits per heavy atom. The van der Waals surface area contributed by atoms with Gasteiger partial charge in [-0.1, -0.05) is 15.9 Å². The molecule has 0 saturated heterocycles. The first kappa shape index (κ1) is 24.7. The van der Waals surface area contributed by atoms with Crippen LogP contribution in [-0.4, -0.2) is 47.6 Å². The van der Waals surface area contributed by atoms with Crippen molar-refractivity contribution in [2.24, 2.45) is 0 Å². The Balaban J connectivity index is 1.65. The number of aromatic nitrogens is 2. The number of rotatable bonds is 7. The molecule has 34 heavy (non-hydrogen) atoms. The minimum atomic E-state index is -0.0439. The van der Waals surface area contributed by atoms with Crippen molar-refractivity contribution in [3.8, 4) is 0 Å². The molecule has 6 nitrogen and oxygen atoms in total. The van der Waals surface area contributed by atoms with Gasteiger partial charge in [0, 0.05) is 63.6 Å². The quantitative estimate of drug-likeness (QED) is 0.419. The van der Waals surface area contributed by atoms with Crippen LogP contribution in [0, 0.1) is 13.8 Å². The van der Waals surface area contributed by atoms with Crippen LogP contribution in [0.2, 0.25) is 0 Å². The topological polar surface area (TPSA) is 64.3 Å². The SMILES string of the molecule is CCN(c1cc(Br)cc2c(NCc3c(C)cc(C)[nH]c3=O)nccc12)C1CCC(N(C)C)CC1. The van der Waals surface area contributed by atoms with Crippen LogP contribution >= 0.6 is 15.9 Å². The Kier molecular flexibility index (Phi) is 7.63. The molecular formula is C27H36BrN5O. The summed E-state index contributed by atoms with van der Waals surface area (Å²) in [6.07, 6.45) is 6.75. The molecule has 2 N–H and O–H groups in total. The van der Waals surface area contributed by atoms with Crippen molar-refractivity contribution in [2.45, 2.75) is 65.1 Å². The number of benzene rings is 1. The van der Waals surface area contributed by atoms with E-state index in [1.165, 1.54) is 36.8 Å². The first-order chi connectivity index (χ1) is 16.3. The third kappa shape index (κ3) is 5.15. The van der Waals surface area contributed by atoms with Gasteiger partial charge in [-0.25, -0.2) is 4.98 Å². The fourth-order valence-corrected chi connectivity index (χ4v) is 5.84. The Morgan fingerprint density at radius 1 is 1.09 bits per heavy atom. The highest BCUT2D eigenvalue weighted by Crippen LogP contribution is 2.37. The summed E-state index contributed by atoms with van der Waals surface area (Å²) in [6, 6.07) is 9.70. The Labute approximate surface area is 210 Å². The van der Waals surface area contributed by atoms with Gasteiger partial charge in [0.15, 0.2) is 0 Å². The highest BCUT2D eigenvalue weighted by Gasteiger charge is 2.27. The summed E-state index contributed by atoms with van der Waals surface area (Å²) in [5.41, 5.74) is 3.81. The number of aryl methyl sites for hydroxylation is 2. The normalized spacial score (nSPS) is 18.4. The molecule has 0 amide bonds. The van der Waals surface area contributed by atoms with E-state index in [4.69, 9.17) is 0 Å². The minimum absolute atomic E-state index is 0.0439. The van der Waals surface area contributed by atoms with Crippen molar-refractivity contribution >= 4 is 38.2 Å². The summed E-state index contributed by atoms with van der Waals surface area (Å²) < 4.78 is 1.04. The van der Waals surface area contributed by atoms with E-state index in [1.54, 1.807) is 0 Å². The lowest BCUT2D eigenvalue weighted by molar-refractivity contribution is 0.214. The molecule has 3 aromatic rings. The summed E-state index contributed by atoms with van der Waals surface area (Å²) in [5, 5.41) is 5.69. The number of aromatic amines is 1. The van der Waals surface area contributed by atoms with Crippen LogP contribution in [0.5, 0.6) is 0 Å². The van der Waals surface area contributed by atoms with Gasteiger partial charge in [0.1, 0.15) is 5.82 Å². The molecule has 2 aromatic heterocycles. The highest BCUT2D eigenvalue weighted by molar-refractivity contribution is 9.10. The standard InChI is InChI=1S/C27H36BrN5O/c1-6-33(21-9-7-20(8-10-21)32(4)5)25-15-19(28)14-23-22(25)11-12-29-26(23)30-16-24-17(2)13-18(3)31-27(24)34/h11-15,20-21H,6-10,16H2,1-5H3,(H,29,30)(H,31,34). The van der Waals surface area contributed by atoms with Crippen LogP contribution in [0.3, 0.4) is 0 Å². The third-order valence-corrected chi connectivity index (χ3v) is 7.69. The lowest BCUT2D eigenvalue weighted by Crippen LogP contribution is -2.42. The fourth-order valence-electron chi connectivity index (χ4n) is 5.39. The van der Waals surface area contributed by atoms with E-state index in [-0.39, 0.29) is 5.56 Å². The van der Waals surface area contributed by atoms with Crippen LogP contribution in [0.4, 0.5) is 11.5 Å². The number of H-pyrrole nitrogens is 1. The molecule has 0 aliphatic heterocycles. The third-order valence-electron chi connectivity index (χ3n) is 7.24. The summed E-state index contributed by atoms with van der Waals surface area (Å²) >= 11 is 3.75. The maximum atomic E-state index is 12.5. The van der Waals surface area contributed by atoms with Crippen molar-refractivity contribution in [1.82, 2.24) is 14.9 Å². The fraction of sp³-hybridized carbons (Fsp3) is 0.481. The molecule has 2 heterocycles. The molecule has 1 aliphatic carbocycles. The van der Waals surface area contributed by atoms with E-state index in [1.807, 2.05) is 26.1 Å². The Bertz CT molecular complexity index is 1210. The van der Waals surface area contributed by atoms with E-state index in [0.29, 0.717) is 18.6 Å². The van der Waals surface area contributed by atoms with E-state index < -0.39 is 0 Å². The van der Waals surface area contributed by atoms with E-state index in [0.717, 1.165) is 39.0 Å². The Hall–Kier alpha value is -2.38. The molecule has 7 heteroatoms. The average molecular weight is 527 g/mol. The molecule has 0 spiro atoms. The molecule has 1 aromatic carbocycles. The monoisotopic (exact) mass is 525 g/mol. The molecule has 0 bridgehead atoms. The molecule has 0 atom stereocenters. The van der Waals surface area contributed by atoms with Gasteiger partial charge in [-0.2, -0.15) is 0 Å². The molecule has 1 aliphatic rings. The van der Waals surface area contributed by atoms with Gasteiger partial charge in [0.25, 0.3) is 5.56 Å². The van der Waals surface area contributed by atoms with Crippen molar-refractivity contribution in [3.05, 3.63) is 62.1 Å². The second kappa shape index (κ2) is 10.5. The van der Waals surface area contributed by atoms with Gasteiger partial charge in [0.05, 0.1) is 0 Å². The molecule has 0 radical (unpaired) electrons. The molecule has 182 valence electrons. The van der Waals surface area contributed by atoms with Crippen molar-refractivity contribution in [1.29, 1.82) is 0 Å².